The number of piperidine rings is 1. The minimum Gasteiger partial charge on any atom is -0.350 e. The van der Waals surface area contributed by atoms with Gasteiger partial charge in [0.1, 0.15) is 5.82 Å². The van der Waals surface area contributed by atoms with Crippen molar-refractivity contribution in [2.75, 3.05) is 32.1 Å². The van der Waals surface area contributed by atoms with Gasteiger partial charge >= 0.3 is 0 Å². The van der Waals surface area contributed by atoms with E-state index in [-0.39, 0.29) is 23.8 Å². The molecule has 2 aliphatic rings. The maximum atomic E-state index is 13.5. The number of ether oxygens (including phenoxy) is 2. The number of hydrogen-bond acceptors (Lipinski definition) is 4. The molecule has 0 N–H and O–H groups in total. The largest absolute Gasteiger partial charge is 0.350 e. The van der Waals surface area contributed by atoms with Crippen molar-refractivity contribution in [3.63, 3.8) is 0 Å². The summed E-state index contributed by atoms with van der Waals surface area (Å²) >= 11 is 1.26. The first-order valence-corrected chi connectivity index (χ1v) is 8.61. The number of halogens is 1. The number of likely N-dealkylation sites (tertiary alicyclic amines) is 1. The molecule has 120 valence electrons. The average molecular weight is 325 g/mol. The van der Waals surface area contributed by atoms with Gasteiger partial charge in [-0.05, 0) is 25.0 Å². The Kier molecular flexibility index (Phi) is 5.33. The normalized spacial score (nSPS) is 20.5. The first kappa shape index (κ1) is 15.8. The van der Waals surface area contributed by atoms with Crippen LogP contribution in [0.15, 0.2) is 29.2 Å². The van der Waals surface area contributed by atoms with Crippen LogP contribution >= 0.6 is 11.8 Å². The first-order chi connectivity index (χ1) is 10.7. The van der Waals surface area contributed by atoms with E-state index in [2.05, 4.69) is 0 Å². The summed E-state index contributed by atoms with van der Waals surface area (Å²) in [7, 11) is 0. The van der Waals surface area contributed by atoms with E-state index >= 15 is 0 Å². The van der Waals surface area contributed by atoms with Gasteiger partial charge in [-0.1, -0.05) is 12.1 Å². The van der Waals surface area contributed by atoms with E-state index in [1.807, 2.05) is 4.90 Å². The number of carbonyl (C=O) groups excluding carboxylic acids is 1. The second-order valence-corrected chi connectivity index (χ2v) is 6.56. The Morgan fingerprint density at radius 3 is 2.59 bits per heavy atom. The molecule has 2 saturated heterocycles. The molecule has 1 aromatic carbocycles. The lowest BCUT2D eigenvalue weighted by Crippen LogP contribution is -2.42. The fraction of sp³-hybridized carbons (Fsp3) is 0.562. The molecule has 0 saturated carbocycles. The highest BCUT2D eigenvalue weighted by Gasteiger charge is 2.31. The third-order valence-corrected chi connectivity index (χ3v) is 5.15. The number of rotatable bonds is 4. The molecule has 2 aliphatic heterocycles. The van der Waals surface area contributed by atoms with Crippen molar-refractivity contribution in [1.29, 1.82) is 0 Å². The Morgan fingerprint density at radius 1 is 1.23 bits per heavy atom. The standard InChI is InChI=1S/C16H20FNO3S/c17-13-3-1-2-4-14(13)22-11-15(19)18-7-5-12(6-8-18)16-20-9-10-21-16/h1-4,12,16H,5-11H2. The number of amides is 1. The molecule has 0 unspecified atom stereocenters. The zero-order chi connectivity index (χ0) is 15.4. The van der Waals surface area contributed by atoms with Gasteiger partial charge in [-0.15, -0.1) is 11.8 Å². The van der Waals surface area contributed by atoms with Crippen LogP contribution in [0.5, 0.6) is 0 Å². The average Bonchev–Trinajstić information content (AvgIpc) is 3.08. The van der Waals surface area contributed by atoms with Crippen LogP contribution in [0.2, 0.25) is 0 Å². The van der Waals surface area contributed by atoms with Gasteiger partial charge in [0.15, 0.2) is 6.29 Å². The maximum Gasteiger partial charge on any atom is 0.232 e. The molecule has 0 aliphatic carbocycles. The second-order valence-electron chi connectivity index (χ2n) is 5.55. The van der Waals surface area contributed by atoms with Crippen molar-refractivity contribution in [2.45, 2.75) is 24.0 Å². The quantitative estimate of drug-likeness (QED) is 0.798. The predicted molar refractivity (Wildman–Crippen MR) is 82.1 cm³/mol. The lowest BCUT2D eigenvalue weighted by molar-refractivity contribution is -0.134. The highest BCUT2D eigenvalue weighted by atomic mass is 32.2. The summed E-state index contributed by atoms with van der Waals surface area (Å²) in [6.45, 7) is 2.79. The third kappa shape index (κ3) is 3.80. The van der Waals surface area contributed by atoms with Gasteiger partial charge in [0.2, 0.25) is 5.91 Å². The summed E-state index contributed by atoms with van der Waals surface area (Å²) in [5.74, 6) is 0.461. The van der Waals surface area contributed by atoms with Crippen LogP contribution < -0.4 is 0 Å². The van der Waals surface area contributed by atoms with Gasteiger partial charge in [-0.3, -0.25) is 4.79 Å². The van der Waals surface area contributed by atoms with E-state index in [4.69, 9.17) is 9.47 Å². The molecule has 1 aromatic rings. The van der Waals surface area contributed by atoms with Crippen LogP contribution in [-0.4, -0.2) is 49.2 Å². The lowest BCUT2D eigenvalue weighted by Gasteiger charge is -2.33. The third-order valence-electron chi connectivity index (χ3n) is 4.11. The summed E-state index contributed by atoms with van der Waals surface area (Å²) < 4.78 is 24.6. The van der Waals surface area contributed by atoms with E-state index in [0.717, 1.165) is 25.9 Å². The zero-order valence-corrected chi connectivity index (χ0v) is 13.2. The fourth-order valence-corrected chi connectivity index (χ4v) is 3.70. The maximum absolute atomic E-state index is 13.5. The Balaban J connectivity index is 1.45. The van der Waals surface area contributed by atoms with E-state index in [1.54, 1.807) is 18.2 Å². The van der Waals surface area contributed by atoms with Gasteiger partial charge in [0.05, 0.1) is 19.0 Å². The van der Waals surface area contributed by atoms with Gasteiger partial charge in [-0.2, -0.15) is 0 Å². The molecule has 0 bridgehead atoms. The molecule has 0 radical (unpaired) electrons. The minimum atomic E-state index is -0.269. The molecule has 2 heterocycles. The Labute approximate surface area is 134 Å². The monoisotopic (exact) mass is 325 g/mol. The van der Waals surface area contributed by atoms with E-state index in [0.29, 0.717) is 24.0 Å². The van der Waals surface area contributed by atoms with Gasteiger partial charge in [0, 0.05) is 23.9 Å². The molecular weight excluding hydrogens is 305 g/mol. The molecule has 2 fully saturated rings. The van der Waals surface area contributed by atoms with Gasteiger partial charge in [-0.25, -0.2) is 4.39 Å². The van der Waals surface area contributed by atoms with E-state index < -0.39 is 0 Å². The lowest BCUT2D eigenvalue weighted by atomic mass is 9.96. The van der Waals surface area contributed by atoms with Crippen molar-refractivity contribution < 1.29 is 18.7 Å². The number of hydrogen-bond donors (Lipinski definition) is 0. The highest BCUT2D eigenvalue weighted by molar-refractivity contribution is 8.00. The molecule has 22 heavy (non-hydrogen) atoms. The molecule has 1 amide bonds. The van der Waals surface area contributed by atoms with E-state index in [9.17, 15) is 9.18 Å². The highest BCUT2D eigenvalue weighted by Crippen LogP contribution is 2.27. The van der Waals surface area contributed by atoms with E-state index in [1.165, 1.54) is 17.8 Å². The van der Waals surface area contributed by atoms with Crippen LogP contribution in [0.3, 0.4) is 0 Å². The van der Waals surface area contributed by atoms with Crippen molar-refractivity contribution in [3.05, 3.63) is 30.1 Å². The smallest absolute Gasteiger partial charge is 0.232 e. The Bertz CT molecular complexity index is 514. The van der Waals surface area contributed by atoms with Crippen molar-refractivity contribution >= 4 is 17.7 Å². The summed E-state index contributed by atoms with van der Waals surface area (Å²) in [6, 6.07) is 6.55. The predicted octanol–water partition coefficient (Wildman–Crippen LogP) is 2.53. The van der Waals surface area contributed by atoms with Crippen LogP contribution in [0.4, 0.5) is 4.39 Å². The van der Waals surface area contributed by atoms with Crippen molar-refractivity contribution in [1.82, 2.24) is 4.90 Å². The first-order valence-electron chi connectivity index (χ1n) is 7.62. The Hall–Kier alpha value is -1.11. The summed E-state index contributed by atoms with van der Waals surface area (Å²) in [4.78, 5) is 14.6. The number of thioether (sulfide) groups is 1. The molecule has 6 heteroatoms. The van der Waals surface area contributed by atoms with Crippen molar-refractivity contribution in [3.8, 4) is 0 Å². The topological polar surface area (TPSA) is 38.8 Å². The van der Waals surface area contributed by atoms with Gasteiger partial charge < -0.3 is 14.4 Å². The Morgan fingerprint density at radius 2 is 1.91 bits per heavy atom. The SMILES string of the molecule is O=C(CSc1ccccc1F)N1CCC(C2OCCO2)CC1. The minimum absolute atomic E-state index is 0.0694. The number of carbonyl (C=O) groups is 1. The van der Waals surface area contributed by atoms with Gasteiger partial charge in [0.25, 0.3) is 0 Å². The molecule has 0 aromatic heterocycles. The molecular formula is C16H20FNO3S. The van der Waals surface area contributed by atoms with Crippen molar-refractivity contribution in [2.24, 2.45) is 5.92 Å². The van der Waals surface area contributed by atoms with Crippen LogP contribution in [0.25, 0.3) is 0 Å². The fourth-order valence-electron chi connectivity index (χ4n) is 2.86. The number of benzene rings is 1. The van der Waals surface area contributed by atoms with Crippen LogP contribution in [-0.2, 0) is 14.3 Å². The second kappa shape index (κ2) is 7.44. The summed E-state index contributed by atoms with van der Waals surface area (Å²) in [5.41, 5.74) is 0. The van der Waals surface area contributed by atoms with Crippen LogP contribution in [0, 0.1) is 11.7 Å². The molecule has 0 atom stereocenters. The number of nitrogens with zero attached hydrogens (tertiary/aromatic N) is 1. The molecule has 3 rings (SSSR count). The zero-order valence-electron chi connectivity index (χ0n) is 12.4. The summed E-state index contributed by atoms with van der Waals surface area (Å²) in [6.07, 6.45) is 1.71. The van der Waals surface area contributed by atoms with Crippen LogP contribution in [0.1, 0.15) is 12.8 Å². The summed E-state index contributed by atoms with van der Waals surface area (Å²) in [5, 5.41) is 0. The molecule has 4 nitrogen and oxygen atoms in total. The molecule has 0 spiro atoms.